The van der Waals surface area contributed by atoms with Crippen LogP contribution in [0.4, 0.5) is 5.69 Å². The van der Waals surface area contributed by atoms with Crippen LogP contribution in [0.3, 0.4) is 0 Å². The fourth-order valence-electron chi connectivity index (χ4n) is 3.94. The number of nitrogens with one attached hydrogen (secondary N) is 1. The summed E-state index contributed by atoms with van der Waals surface area (Å²) in [6.07, 6.45) is 1.44. The Morgan fingerprint density at radius 1 is 1.00 bits per heavy atom. The van der Waals surface area contributed by atoms with Gasteiger partial charge in [0.2, 0.25) is 21.8 Å². The molecule has 0 saturated heterocycles. The largest absolute Gasteiger partial charge is 0.497 e. The number of carbonyl (C=O) groups is 2. The number of hydrogen-bond donors (Lipinski definition) is 1. The monoisotopic (exact) mass is 531 g/mol. The van der Waals surface area contributed by atoms with Gasteiger partial charge in [0.1, 0.15) is 18.3 Å². The summed E-state index contributed by atoms with van der Waals surface area (Å²) in [5, 5.41) is 2.96. The van der Waals surface area contributed by atoms with Gasteiger partial charge in [0.25, 0.3) is 0 Å². The first-order valence-electron chi connectivity index (χ1n) is 12.5. The molecule has 204 valence electrons. The molecule has 0 heterocycles. The maximum absolute atomic E-state index is 13.8. The number of benzene rings is 2. The van der Waals surface area contributed by atoms with E-state index in [-0.39, 0.29) is 18.4 Å². The number of rotatable bonds is 11. The lowest BCUT2D eigenvalue weighted by Crippen LogP contribution is -2.55. The average molecular weight is 532 g/mol. The molecule has 2 amide bonds. The fraction of sp³-hybridized carbons (Fsp3) is 0.500. The van der Waals surface area contributed by atoms with E-state index in [1.165, 1.54) is 4.90 Å². The van der Waals surface area contributed by atoms with Crippen LogP contribution in [0.15, 0.2) is 48.5 Å². The highest BCUT2D eigenvalue weighted by Crippen LogP contribution is 2.23. The first kappa shape index (κ1) is 30.2. The lowest BCUT2D eigenvalue weighted by Gasteiger charge is -2.34. The van der Waals surface area contributed by atoms with Gasteiger partial charge < -0.3 is 15.0 Å². The molecule has 1 N–H and O–H groups in total. The summed E-state index contributed by atoms with van der Waals surface area (Å²) in [5.41, 5.74) is 1.77. The maximum atomic E-state index is 13.8. The first-order chi connectivity index (χ1) is 17.2. The van der Waals surface area contributed by atoms with Crippen LogP contribution in [-0.4, -0.2) is 56.6 Å². The van der Waals surface area contributed by atoms with E-state index in [4.69, 9.17) is 4.74 Å². The fourth-order valence-corrected chi connectivity index (χ4v) is 4.79. The highest BCUT2D eigenvalue weighted by atomic mass is 32.2. The third-order valence-electron chi connectivity index (χ3n) is 5.92. The van der Waals surface area contributed by atoms with E-state index in [0.29, 0.717) is 17.9 Å². The molecule has 0 aliphatic heterocycles. The number of sulfonamides is 1. The van der Waals surface area contributed by atoms with Gasteiger partial charge in [-0.05, 0) is 68.5 Å². The number of hydrogen-bond acceptors (Lipinski definition) is 5. The molecule has 1 unspecified atom stereocenters. The molecule has 0 fully saturated rings. The lowest BCUT2D eigenvalue weighted by molar-refractivity contribution is -0.141. The van der Waals surface area contributed by atoms with E-state index in [1.807, 2.05) is 52.0 Å². The summed E-state index contributed by atoms with van der Waals surface area (Å²) in [5.74, 6) is 0.204. The highest BCUT2D eigenvalue weighted by Gasteiger charge is 2.33. The second kappa shape index (κ2) is 12.4. The van der Waals surface area contributed by atoms with Crippen molar-refractivity contribution >= 4 is 27.5 Å². The predicted molar refractivity (Wildman–Crippen MR) is 148 cm³/mol. The molecule has 2 aromatic carbocycles. The van der Waals surface area contributed by atoms with Crippen molar-refractivity contribution in [3.8, 4) is 5.75 Å². The van der Waals surface area contributed by atoms with Gasteiger partial charge in [0.15, 0.2) is 0 Å². The third-order valence-corrected chi connectivity index (χ3v) is 7.06. The van der Waals surface area contributed by atoms with Crippen LogP contribution in [0.25, 0.3) is 0 Å². The lowest BCUT2D eigenvalue weighted by atomic mass is 10.0. The van der Waals surface area contributed by atoms with E-state index in [1.54, 1.807) is 31.4 Å². The Labute approximate surface area is 222 Å². The van der Waals surface area contributed by atoms with Crippen LogP contribution >= 0.6 is 0 Å². The molecule has 0 radical (unpaired) electrons. The minimum absolute atomic E-state index is 0.142. The van der Waals surface area contributed by atoms with Crippen LogP contribution < -0.4 is 14.4 Å². The molecular weight excluding hydrogens is 490 g/mol. The maximum Gasteiger partial charge on any atom is 0.244 e. The molecule has 0 saturated carbocycles. The van der Waals surface area contributed by atoms with Crippen LogP contribution in [0.2, 0.25) is 0 Å². The summed E-state index contributed by atoms with van der Waals surface area (Å²) in [6.45, 7) is 11.3. The molecule has 0 aromatic heterocycles. The van der Waals surface area contributed by atoms with E-state index in [9.17, 15) is 18.0 Å². The molecule has 8 nitrogen and oxygen atoms in total. The Hall–Kier alpha value is -3.07. The van der Waals surface area contributed by atoms with Gasteiger partial charge in [-0.1, -0.05) is 45.0 Å². The molecule has 0 spiro atoms. The SMILES string of the molecule is CCC(C(=O)NC(C)(C)C)N(Cc1ccc(OC)cc1)C(=O)CN(c1ccc(C(C)C)cc1)S(C)(=O)=O. The standard InChI is InChI=1S/C28H41N3O5S/c1-9-25(27(33)29-28(4,5)6)30(18-21-10-16-24(36-7)17-11-21)26(32)19-31(37(8,34)35)23-14-12-22(13-15-23)20(2)3/h10-17,20,25H,9,18-19H2,1-8H3,(H,29,33). The minimum atomic E-state index is -3.77. The van der Waals surface area contributed by atoms with E-state index in [0.717, 1.165) is 21.7 Å². The Balaban J connectivity index is 2.45. The third kappa shape index (κ3) is 8.77. The summed E-state index contributed by atoms with van der Waals surface area (Å²) in [4.78, 5) is 28.4. The number of amides is 2. The van der Waals surface area contributed by atoms with Gasteiger partial charge in [-0.15, -0.1) is 0 Å². The smallest absolute Gasteiger partial charge is 0.244 e. The number of carbonyl (C=O) groups excluding carboxylic acids is 2. The zero-order valence-electron chi connectivity index (χ0n) is 23.2. The van der Waals surface area contributed by atoms with Crippen molar-refractivity contribution in [2.75, 3.05) is 24.2 Å². The molecule has 0 bridgehead atoms. The number of anilines is 1. The second-order valence-corrected chi connectivity index (χ2v) is 12.5. The summed E-state index contributed by atoms with van der Waals surface area (Å²) in [7, 11) is -2.20. The summed E-state index contributed by atoms with van der Waals surface area (Å²) >= 11 is 0. The van der Waals surface area contributed by atoms with Crippen LogP contribution in [0.1, 0.15) is 65.0 Å². The van der Waals surface area contributed by atoms with Gasteiger partial charge in [-0.25, -0.2) is 8.42 Å². The van der Waals surface area contributed by atoms with Crippen molar-refractivity contribution in [3.63, 3.8) is 0 Å². The topological polar surface area (TPSA) is 96.0 Å². The molecule has 2 aromatic rings. The number of methoxy groups -OCH3 is 1. The van der Waals surface area contributed by atoms with Crippen LogP contribution in [0.5, 0.6) is 5.75 Å². The molecule has 2 rings (SSSR count). The van der Waals surface area contributed by atoms with Crippen LogP contribution in [-0.2, 0) is 26.2 Å². The minimum Gasteiger partial charge on any atom is -0.497 e. The normalized spacial score (nSPS) is 12.7. The molecular formula is C28H41N3O5S. The van der Waals surface area contributed by atoms with Gasteiger partial charge in [0, 0.05) is 12.1 Å². The number of ether oxygens (including phenoxy) is 1. The highest BCUT2D eigenvalue weighted by molar-refractivity contribution is 7.92. The van der Waals surface area contributed by atoms with Crippen molar-refractivity contribution in [1.82, 2.24) is 10.2 Å². The predicted octanol–water partition coefficient (Wildman–Crippen LogP) is 4.31. The van der Waals surface area contributed by atoms with Crippen molar-refractivity contribution in [2.45, 2.75) is 72.0 Å². The Morgan fingerprint density at radius 2 is 1.57 bits per heavy atom. The van der Waals surface area contributed by atoms with Crippen molar-refractivity contribution in [2.24, 2.45) is 0 Å². The van der Waals surface area contributed by atoms with Crippen molar-refractivity contribution in [3.05, 3.63) is 59.7 Å². The molecule has 1 atom stereocenters. The first-order valence-corrected chi connectivity index (χ1v) is 14.3. The Kier molecular flexibility index (Phi) is 10.1. The number of nitrogens with zero attached hydrogens (tertiary/aromatic N) is 2. The van der Waals surface area contributed by atoms with E-state index in [2.05, 4.69) is 19.2 Å². The molecule has 0 aliphatic carbocycles. The Morgan fingerprint density at radius 3 is 2.00 bits per heavy atom. The van der Waals surface area contributed by atoms with Gasteiger partial charge >= 0.3 is 0 Å². The van der Waals surface area contributed by atoms with Gasteiger partial charge in [-0.2, -0.15) is 0 Å². The summed E-state index contributed by atoms with van der Waals surface area (Å²) < 4.78 is 31.8. The Bertz CT molecular complexity index is 1150. The van der Waals surface area contributed by atoms with Crippen LogP contribution in [0, 0.1) is 0 Å². The van der Waals surface area contributed by atoms with E-state index < -0.39 is 34.1 Å². The zero-order chi connectivity index (χ0) is 28.0. The molecule has 0 aliphatic rings. The zero-order valence-corrected chi connectivity index (χ0v) is 24.1. The quantitative estimate of drug-likeness (QED) is 0.466. The average Bonchev–Trinajstić information content (AvgIpc) is 2.80. The van der Waals surface area contributed by atoms with Crippen molar-refractivity contribution < 1.29 is 22.7 Å². The van der Waals surface area contributed by atoms with Gasteiger partial charge in [-0.3, -0.25) is 13.9 Å². The van der Waals surface area contributed by atoms with Gasteiger partial charge in [0.05, 0.1) is 19.1 Å². The van der Waals surface area contributed by atoms with Crippen molar-refractivity contribution in [1.29, 1.82) is 0 Å². The molecule has 37 heavy (non-hydrogen) atoms. The van der Waals surface area contributed by atoms with E-state index >= 15 is 0 Å². The second-order valence-electron chi connectivity index (χ2n) is 10.5. The molecule has 9 heteroatoms. The summed E-state index contributed by atoms with van der Waals surface area (Å²) in [6, 6.07) is 13.6.